The summed E-state index contributed by atoms with van der Waals surface area (Å²) in [6.45, 7) is 2.21. The summed E-state index contributed by atoms with van der Waals surface area (Å²) in [5.74, 6) is -3.07. The Hall–Kier alpha value is -1.31. The highest BCUT2D eigenvalue weighted by atomic mass is 35.5. The van der Waals surface area contributed by atoms with Crippen LogP contribution in [-0.2, 0) is 11.3 Å². The monoisotopic (exact) mass is 360 g/mol. The Kier molecular flexibility index (Phi) is 6.48. The molecule has 0 aliphatic carbocycles. The molecule has 0 spiro atoms. The Morgan fingerprint density at radius 1 is 1.42 bits per heavy atom. The predicted octanol–water partition coefficient (Wildman–Crippen LogP) is 1.58. The summed E-state index contributed by atoms with van der Waals surface area (Å²) in [6, 6.07) is 3.28. The Bertz CT molecular complexity index is 538. The standard InChI is InChI=1S/C16H22F2N4O.ClH/c17-16(18)8-14(20-11-16)15(23)21-13-3-6-22(7-4-13)10-12-2-1-5-19-9-12;/h1-2,5,9,13-14,20H,3-4,6-8,10-11H2,(H,21,23);1H. The number of rotatable bonds is 4. The highest BCUT2D eigenvalue weighted by Gasteiger charge is 2.42. The number of alkyl halides is 2. The molecule has 2 fully saturated rings. The zero-order valence-corrected chi connectivity index (χ0v) is 14.2. The zero-order valence-electron chi connectivity index (χ0n) is 13.4. The number of halogens is 3. The summed E-state index contributed by atoms with van der Waals surface area (Å²) in [5, 5.41) is 5.51. The van der Waals surface area contributed by atoms with Crippen LogP contribution in [0.4, 0.5) is 8.78 Å². The third-order valence-electron chi connectivity index (χ3n) is 4.49. The normalized spacial score (nSPS) is 24.3. The van der Waals surface area contributed by atoms with E-state index in [9.17, 15) is 13.6 Å². The van der Waals surface area contributed by atoms with Gasteiger partial charge in [-0.15, -0.1) is 12.4 Å². The largest absolute Gasteiger partial charge is 0.352 e. The minimum absolute atomic E-state index is 0. The zero-order chi connectivity index (χ0) is 16.3. The number of nitrogens with one attached hydrogen (secondary N) is 2. The van der Waals surface area contributed by atoms with Gasteiger partial charge in [0.05, 0.1) is 12.6 Å². The summed E-state index contributed by atoms with van der Waals surface area (Å²) in [5.41, 5.74) is 1.17. The summed E-state index contributed by atoms with van der Waals surface area (Å²) in [4.78, 5) is 18.5. The van der Waals surface area contributed by atoms with E-state index < -0.39 is 24.9 Å². The van der Waals surface area contributed by atoms with E-state index in [1.807, 2.05) is 18.3 Å². The highest BCUT2D eigenvalue weighted by molar-refractivity contribution is 5.85. The van der Waals surface area contributed by atoms with Crippen LogP contribution in [0.3, 0.4) is 0 Å². The first-order valence-corrected chi connectivity index (χ1v) is 8.05. The number of hydrogen-bond donors (Lipinski definition) is 2. The number of nitrogens with zero attached hydrogens (tertiary/aromatic N) is 2. The summed E-state index contributed by atoms with van der Waals surface area (Å²) in [6.07, 6.45) is 4.90. The van der Waals surface area contributed by atoms with Crippen LogP contribution in [0, 0.1) is 0 Å². The second kappa shape index (κ2) is 8.18. The van der Waals surface area contributed by atoms with E-state index in [0.29, 0.717) is 0 Å². The molecule has 1 aromatic rings. The van der Waals surface area contributed by atoms with Crippen molar-refractivity contribution in [3.8, 4) is 0 Å². The average Bonchev–Trinajstić information content (AvgIpc) is 2.90. The third-order valence-corrected chi connectivity index (χ3v) is 4.49. The highest BCUT2D eigenvalue weighted by Crippen LogP contribution is 2.25. The molecule has 0 aromatic carbocycles. The Balaban J connectivity index is 0.00000208. The molecule has 1 unspecified atom stereocenters. The van der Waals surface area contributed by atoms with E-state index in [1.54, 1.807) is 6.20 Å². The summed E-state index contributed by atoms with van der Waals surface area (Å²) >= 11 is 0. The van der Waals surface area contributed by atoms with Crippen molar-refractivity contribution < 1.29 is 13.6 Å². The van der Waals surface area contributed by atoms with Crippen molar-refractivity contribution >= 4 is 18.3 Å². The van der Waals surface area contributed by atoms with Crippen molar-refractivity contribution in [3.63, 3.8) is 0 Å². The van der Waals surface area contributed by atoms with Crippen molar-refractivity contribution in [2.24, 2.45) is 0 Å². The van der Waals surface area contributed by atoms with Crippen LogP contribution in [0.5, 0.6) is 0 Å². The van der Waals surface area contributed by atoms with Crippen LogP contribution in [0.25, 0.3) is 0 Å². The first-order chi connectivity index (χ1) is 11.0. The van der Waals surface area contributed by atoms with Crippen molar-refractivity contribution in [1.82, 2.24) is 20.5 Å². The molecular formula is C16H23ClF2N4O. The number of hydrogen-bond acceptors (Lipinski definition) is 4. The molecule has 2 N–H and O–H groups in total. The van der Waals surface area contributed by atoms with Gasteiger partial charge in [0.15, 0.2) is 0 Å². The molecular weight excluding hydrogens is 338 g/mol. The van der Waals surface area contributed by atoms with Gasteiger partial charge in [-0.1, -0.05) is 6.07 Å². The fraction of sp³-hybridized carbons (Fsp3) is 0.625. The van der Waals surface area contributed by atoms with Gasteiger partial charge in [0.2, 0.25) is 5.91 Å². The second-order valence-corrected chi connectivity index (χ2v) is 6.41. The van der Waals surface area contributed by atoms with Crippen LogP contribution in [-0.4, -0.2) is 53.4 Å². The fourth-order valence-electron chi connectivity index (χ4n) is 3.19. The predicted molar refractivity (Wildman–Crippen MR) is 89.3 cm³/mol. The summed E-state index contributed by atoms with van der Waals surface area (Å²) in [7, 11) is 0. The lowest BCUT2D eigenvalue weighted by Gasteiger charge is -2.32. The molecule has 5 nitrogen and oxygen atoms in total. The number of carbonyl (C=O) groups excluding carboxylic acids is 1. The van der Waals surface area contributed by atoms with Gasteiger partial charge < -0.3 is 5.32 Å². The van der Waals surface area contributed by atoms with Gasteiger partial charge in [-0.05, 0) is 24.5 Å². The van der Waals surface area contributed by atoms with Crippen LogP contribution < -0.4 is 10.6 Å². The molecule has 3 heterocycles. The summed E-state index contributed by atoms with van der Waals surface area (Å²) < 4.78 is 26.3. The number of amides is 1. The van der Waals surface area contributed by atoms with Gasteiger partial charge in [0, 0.05) is 44.5 Å². The van der Waals surface area contributed by atoms with Gasteiger partial charge >= 0.3 is 0 Å². The van der Waals surface area contributed by atoms with E-state index in [2.05, 4.69) is 20.5 Å². The topological polar surface area (TPSA) is 57.3 Å². The smallest absolute Gasteiger partial charge is 0.262 e. The molecule has 0 radical (unpaired) electrons. The molecule has 0 saturated carbocycles. The maximum absolute atomic E-state index is 13.1. The molecule has 1 amide bonds. The number of aromatic nitrogens is 1. The Labute approximate surface area is 146 Å². The van der Waals surface area contributed by atoms with E-state index in [-0.39, 0.29) is 24.4 Å². The second-order valence-electron chi connectivity index (χ2n) is 6.41. The molecule has 1 aromatic heterocycles. The maximum Gasteiger partial charge on any atom is 0.262 e. The molecule has 134 valence electrons. The average molecular weight is 361 g/mol. The number of pyridine rings is 1. The third kappa shape index (κ3) is 5.09. The van der Waals surface area contributed by atoms with Crippen LogP contribution in [0.15, 0.2) is 24.5 Å². The maximum atomic E-state index is 13.1. The number of piperidine rings is 1. The molecule has 2 saturated heterocycles. The molecule has 24 heavy (non-hydrogen) atoms. The first kappa shape index (κ1) is 19.0. The minimum atomic E-state index is -2.77. The molecule has 1 atom stereocenters. The molecule has 2 aliphatic heterocycles. The lowest BCUT2D eigenvalue weighted by atomic mass is 10.0. The van der Waals surface area contributed by atoms with Gasteiger partial charge in [-0.3, -0.25) is 20.0 Å². The van der Waals surface area contributed by atoms with Gasteiger partial charge in [-0.2, -0.15) is 0 Å². The van der Waals surface area contributed by atoms with E-state index in [4.69, 9.17) is 0 Å². The van der Waals surface area contributed by atoms with Gasteiger partial charge in [-0.25, -0.2) is 8.78 Å². The van der Waals surface area contributed by atoms with E-state index in [0.717, 1.165) is 32.5 Å². The lowest BCUT2D eigenvalue weighted by molar-refractivity contribution is -0.124. The van der Waals surface area contributed by atoms with Gasteiger partial charge in [0.1, 0.15) is 0 Å². The first-order valence-electron chi connectivity index (χ1n) is 8.05. The van der Waals surface area contributed by atoms with E-state index >= 15 is 0 Å². The van der Waals surface area contributed by atoms with Crippen LogP contribution in [0.1, 0.15) is 24.8 Å². The minimum Gasteiger partial charge on any atom is -0.352 e. The van der Waals surface area contributed by atoms with Crippen LogP contribution >= 0.6 is 12.4 Å². The number of carbonyl (C=O) groups is 1. The van der Waals surface area contributed by atoms with E-state index in [1.165, 1.54) is 5.56 Å². The van der Waals surface area contributed by atoms with Crippen LogP contribution in [0.2, 0.25) is 0 Å². The Morgan fingerprint density at radius 3 is 2.75 bits per heavy atom. The molecule has 3 rings (SSSR count). The lowest BCUT2D eigenvalue weighted by Crippen LogP contribution is -2.49. The fourth-order valence-corrected chi connectivity index (χ4v) is 3.19. The van der Waals surface area contributed by atoms with Crippen molar-refractivity contribution in [3.05, 3.63) is 30.1 Å². The van der Waals surface area contributed by atoms with Crippen molar-refractivity contribution in [2.45, 2.75) is 43.8 Å². The molecule has 2 aliphatic rings. The quantitative estimate of drug-likeness (QED) is 0.856. The SMILES string of the molecule is Cl.O=C(NC1CCN(Cc2cccnc2)CC1)C1CC(F)(F)CN1. The molecule has 0 bridgehead atoms. The Morgan fingerprint density at radius 2 is 2.17 bits per heavy atom. The molecule has 8 heteroatoms. The van der Waals surface area contributed by atoms with Crippen molar-refractivity contribution in [2.75, 3.05) is 19.6 Å². The van der Waals surface area contributed by atoms with Gasteiger partial charge in [0.25, 0.3) is 5.92 Å². The number of likely N-dealkylation sites (tertiary alicyclic amines) is 1. The van der Waals surface area contributed by atoms with Crippen molar-refractivity contribution in [1.29, 1.82) is 0 Å².